The van der Waals surface area contributed by atoms with Crippen molar-refractivity contribution < 1.29 is 0 Å². The molecular formula is C22H30N6S. The van der Waals surface area contributed by atoms with E-state index in [1.165, 1.54) is 34.7 Å². The standard InChI is InChI=1S/C22H30N6S/c1-14-9-20(26-22-25-15(2)17(4)29-22)10-21(24-14)18-7-6-8-28(12-18)13-19-11-23-27(5)16(19)3/h9-11,18H,6-8,12-13H2,1-5H3,(H,24,25,26)/t18-/m0/s1. The summed E-state index contributed by atoms with van der Waals surface area (Å²) in [5.41, 5.74) is 6.99. The average Bonchev–Trinajstić information content (AvgIpc) is 3.16. The van der Waals surface area contributed by atoms with Gasteiger partial charge in [-0.25, -0.2) is 4.98 Å². The Balaban J connectivity index is 1.49. The molecule has 0 spiro atoms. The molecule has 4 heterocycles. The third-order valence-electron chi connectivity index (χ3n) is 5.91. The van der Waals surface area contributed by atoms with E-state index in [-0.39, 0.29) is 0 Å². The lowest BCUT2D eigenvalue weighted by molar-refractivity contribution is 0.198. The number of rotatable bonds is 5. The number of hydrogen-bond donors (Lipinski definition) is 1. The summed E-state index contributed by atoms with van der Waals surface area (Å²) in [6.07, 6.45) is 4.39. The van der Waals surface area contributed by atoms with Crippen molar-refractivity contribution in [2.45, 2.75) is 53.0 Å². The van der Waals surface area contributed by atoms with Gasteiger partial charge in [-0.05, 0) is 59.2 Å². The van der Waals surface area contributed by atoms with Crippen molar-refractivity contribution in [1.29, 1.82) is 0 Å². The molecule has 1 aliphatic heterocycles. The van der Waals surface area contributed by atoms with E-state index in [0.29, 0.717) is 5.92 Å². The van der Waals surface area contributed by atoms with E-state index in [1.807, 2.05) is 17.9 Å². The van der Waals surface area contributed by atoms with Crippen LogP contribution in [0.5, 0.6) is 0 Å². The first-order chi connectivity index (χ1) is 13.9. The molecule has 0 aliphatic carbocycles. The largest absolute Gasteiger partial charge is 0.331 e. The highest BCUT2D eigenvalue weighted by molar-refractivity contribution is 7.15. The quantitative estimate of drug-likeness (QED) is 0.665. The van der Waals surface area contributed by atoms with Crippen molar-refractivity contribution in [3.05, 3.63) is 51.5 Å². The molecule has 29 heavy (non-hydrogen) atoms. The zero-order valence-electron chi connectivity index (χ0n) is 18.0. The van der Waals surface area contributed by atoms with Gasteiger partial charge in [0.2, 0.25) is 0 Å². The minimum absolute atomic E-state index is 0.459. The maximum atomic E-state index is 4.88. The first-order valence-electron chi connectivity index (χ1n) is 10.3. The van der Waals surface area contributed by atoms with Crippen molar-refractivity contribution in [3.8, 4) is 0 Å². The number of nitrogens with one attached hydrogen (secondary N) is 1. The van der Waals surface area contributed by atoms with Crippen LogP contribution in [0, 0.1) is 27.7 Å². The van der Waals surface area contributed by atoms with E-state index in [1.54, 1.807) is 11.3 Å². The molecule has 0 saturated carbocycles. The van der Waals surface area contributed by atoms with E-state index in [0.717, 1.165) is 41.8 Å². The number of anilines is 2. The summed E-state index contributed by atoms with van der Waals surface area (Å²) in [5, 5.41) is 8.84. The molecule has 1 N–H and O–H groups in total. The monoisotopic (exact) mass is 410 g/mol. The Morgan fingerprint density at radius 1 is 1.17 bits per heavy atom. The number of thiazole rings is 1. The molecule has 0 radical (unpaired) electrons. The molecule has 7 heteroatoms. The number of piperidine rings is 1. The first kappa shape index (κ1) is 20.0. The molecule has 0 aromatic carbocycles. The zero-order chi connectivity index (χ0) is 20.5. The highest BCUT2D eigenvalue weighted by Crippen LogP contribution is 2.31. The van der Waals surface area contributed by atoms with Crippen LogP contribution in [-0.2, 0) is 13.6 Å². The molecule has 3 aromatic rings. The summed E-state index contributed by atoms with van der Waals surface area (Å²) in [5.74, 6) is 0.459. The van der Waals surface area contributed by atoms with Gasteiger partial charge in [0.25, 0.3) is 0 Å². The highest BCUT2D eigenvalue weighted by Gasteiger charge is 2.24. The van der Waals surface area contributed by atoms with Crippen molar-refractivity contribution in [1.82, 2.24) is 24.6 Å². The Kier molecular flexibility index (Phi) is 5.69. The second kappa shape index (κ2) is 8.24. The number of nitrogens with zero attached hydrogens (tertiary/aromatic N) is 5. The summed E-state index contributed by atoms with van der Waals surface area (Å²) in [4.78, 5) is 13.3. The van der Waals surface area contributed by atoms with Gasteiger partial charge in [-0.15, -0.1) is 11.3 Å². The van der Waals surface area contributed by atoms with Gasteiger partial charge in [-0.2, -0.15) is 5.10 Å². The summed E-state index contributed by atoms with van der Waals surface area (Å²) in [6.45, 7) is 11.5. The number of aryl methyl sites for hydroxylation is 4. The molecule has 0 amide bonds. The van der Waals surface area contributed by atoms with Crippen LogP contribution in [0.4, 0.5) is 10.8 Å². The second-order valence-electron chi connectivity index (χ2n) is 8.16. The van der Waals surface area contributed by atoms with E-state index in [2.05, 4.69) is 60.1 Å². The fraction of sp³-hybridized carbons (Fsp3) is 0.500. The molecule has 0 unspecified atom stereocenters. The highest BCUT2D eigenvalue weighted by atomic mass is 32.1. The molecule has 0 bridgehead atoms. The van der Waals surface area contributed by atoms with E-state index in [4.69, 9.17) is 4.98 Å². The van der Waals surface area contributed by atoms with Crippen LogP contribution in [0.25, 0.3) is 0 Å². The lowest BCUT2D eigenvalue weighted by Gasteiger charge is -2.32. The Bertz CT molecular complexity index is 985. The Hall–Kier alpha value is -2.25. The summed E-state index contributed by atoms with van der Waals surface area (Å²) < 4.78 is 1.96. The Morgan fingerprint density at radius 3 is 2.69 bits per heavy atom. The number of hydrogen-bond acceptors (Lipinski definition) is 6. The molecule has 4 rings (SSSR count). The fourth-order valence-electron chi connectivity index (χ4n) is 4.01. The van der Waals surface area contributed by atoms with E-state index in [9.17, 15) is 0 Å². The van der Waals surface area contributed by atoms with Gasteiger partial charge in [0.1, 0.15) is 0 Å². The summed E-state index contributed by atoms with van der Waals surface area (Å²) in [7, 11) is 2.01. The van der Waals surface area contributed by atoms with Gasteiger partial charge in [-0.1, -0.05) is 0 Å². The van der Waals surface area contributed by atoms with Gasteiger partial charge in [-0.3, -0.25) is 14.6 Å². The molecule has 6 nitrogen and oxygen atoms in total. The van der Waals surface area contributed by atoms with Crippen LogP contribution >= 0.6 is 11.3 Å². The maximum absolute atomic E-state index is 4.88. The molecule has 1 atom stereocenters. The lowest BCUT2D eigenvalue weighted by atomic mass is 9.93. The topological polar surface area (TPSA) is 58.9 Å². The van der Waals surface area contributed by atoms with Crippen LogP contribution < -0.4 is 5.32 Å². The van der Waals surface area contributed by atoms with E-state index < -0.39 is 0 Å². The van der Waals surface area contributed by atoms with Crippen LogP contribution in [0.1, 0.15) is 52.0 Å². The number of aromatic nitrogens is 4. The minimum Gasteiger partial charge on any atom is -0.331 e. The van der Waals surface area contributed by atoms with Gasteiger partial charge < -0.3 is 5.32 Å². The van der Waals surface area contributed by atoms with Crippen LogP contribution in [0.3, 0.4) is 0 Å². The molecule has 154 valence electrons. The average molecular weight is 411 g/mol. The van der Waals surface area contributed by atoms with Crippen LogP contribution in [0.2, 0.25) is 0 Å². The molecular weight excluding hydrogens is 380 g/mol. The fourth-order valence-corrected chi connectivity index (χ4v) is 4.84. The maximum Gasteiger partial charge on any atom is 0.187 e. The van der Waals surface area contributed by atoms with Crippen molar-refractivity contribution >= 4 is 22.2 Å². The first-order valence-corrected chi connectivity index (χ1v) is 11.1. The molecule has 1 fully saturated rings. The summed E-state index contributed by atoms with van der Waals surface area (Å²) in [6, 6.07) is 4.32. The Morgan fingerprint density at radius 2 is 2.00 bits per heavy atom. The van der Waals surface area contributed by atoms with Gasteiger partial charge in [0.15, 0.2) is 5.13 Å². The van der Waals surface area contributed by atoms with Crippen molar-refractivity contribution in [2.75, 3.05) is 18.4 Å². The molecule has 3 aromatic heterocycles. The van der Waals surface area contributed by atoms with Crippen LogP contribution in [-0.4, -0.2) is 37.7 Å². The smallest absolute Gasteiger partial charge is 0.187 e. The van der Waals surface area contributed by atoms with Gasteiger partial charge >= 0.3 is 0 Å². The number of pyridine rings is 1. The normalized spacial score (nSPS) is 17.6. The predicted molar refractivity (Wildman–Crippen MR) is 119 cm³/mol. The number of likely N-dealkylation sites (tertiary alicyclic amines) is 1. The SMILES string of the molecule is Cc1cc(Nc2nc(C)c(C)s2)cc([C@H]2CCCN(Cc3cnn(C)c3C)C2)n1. The lowest BCUT2D eigenvalue weighted by Crippen LogP contribution is -2.34. The molecule has 1 aliphatic rings. The summed E-state index contributed by atoms with van der Waals surface area (Å²) >= 11 is 1.70. The van der Waals surface area contributed by atoms with Gasteiger partial charge in [0.05, 0.1) is 11.9 Å². The van der Waals surface area contributed by atoms with Crippen LogP contribution in [0.15, 0.2) is 18.3 Å². The van der Waals surface area contributed by atoms with Gasteiger partial charge in [0, 0.05) is 59.3 Å². The van der Waals surface area contributed by atoms with Crippen molar-refractivity contribution in [3.63, 3.8) is 0 Å². The van der Waals surface area contributed by atoms with E-state index >= 15 is 0 Å². The predicted octanol–water partition coefficient (Wildman–Crippen LogP) is 4.63. The zero-order valence-corrected chi connectivity index (χ0v) is 18.8. The van der Waals surface area contributed by atoms with Crippen molar-refractivity contribution in [2.24, 2.45) is 7.05 Å². The molecule has 1 saturated heterocycles. The second-order valence-corrected chi connectivity index (χ2v) is 9.36. The minimum atomic E-state index is 0.459. The Labute approximate surface area is 177 Å². The third kappa shape index (κ3) is 4.51. The third-order valence-corrected chi connectivity index (χ3v) is 6.90.